The van der Waals surface area contributed by atoms with E-state index in [-0.39, 0.29) is 18.3 Å². The Bertz CT molecular complexity index is 720. The van der Waals surface area contributed by atoms with E-state index >= 15 is 0 Å². The molecule has 1 heterocycles. The number of benzene rings is 1. The predicted octanol–water partition coefficient (Wildman–Crippen LogP) is 2.93. The van der Waals surface area contributed by atoms with Crippen LogP contribution in [0.1, 0.15) is 39.2 Å². The van der Waals surface area contributed by atoms with Gasteiger partial charge in [0, 0.05) is 17.4 Å². The second-order valence-electron chi connectivity index (χ2n) is 6.30. The molecule has 0 spiro atoms. The molecule has 0 radical (unpaired) electrons. The number of esters is 2. The second kappa shape index (κ2) is 9.64. The fourth-order valence-corrected chi connectivity index (χ4v) is 3.47. The molecule has 1 aliphatic heterocycles. The van der Waals surface area contributed by atoms with Crippen LogP contribution in [-0.4, -0.2) is 53.2 Å². The van der Waals surface area contributed by atoms with Gasteiger partial charge in [0.2, 0.25) is 0 Å². The molecule has 2 rings (SSSR count). The summed E-state index contributed by atoms with van der Waals surface area (Å²) in [7, 11) is 0. The molecule has 1 aromatic carbocycles. The maximum atomic E-state index is 12.2. The first-order valence-electron chi connectivity index (χ1n) is 8.91. The number of aliphatic imine (C=N–C) groups is 1. The first-order valence-corrected chi connectivity index (χ1v) is 9.90. The fourth-order valence-electron chi connectivity index (χ4n) is 2.27. The topological polar surface area (TPSA) is 94.4 Å². The van der Waals surface area contributed by atoms with Crippen LogP contribution in [0.5, 0.6) is 11.5 Å². The first-order chi connectivity index (χ1) is 12.9. The van der Waals surface area contributed by atoms with E-state index in [2.05, 4.69) is 4.99 Å². The van der Waals surface area contributed by atoms with Crippen LogP contribution in [0.2, 0.25) is 0 Å². The number of thioether (sulfide) groups is 1. The molecule has 0 unspecified atom stereocenters. The predicted molar refractivity (Wildman–Crippen MR) is 104 cm³/mol. The number of rotatable bonds is 9. The van der Waals surface area contributed by atoms with Crippen molar-refractivity contribution in [1.29, 1.82) is 0 Å². The zero-order valence-corrected chi connectivity index (χ0v) is 16.6. The van der Waals surface area contributed by atoms with Gasteiger partial charge in [-0.05, 0) is 31.9 Å². The van der Waals surface area contributed by atoms with Crippen molar-refractivity contribution in [2.45, 2.75) is 39.2 Å². The van der Waals surface area contributed by atoms with Gasteiger partial charge in [-0.2, -0.15) is 0 Å². The number of phenolic OH excluding ortho intramolecular Hbond substituents is 1. The van der Waals surface area contributed by atoms with Gasteiger partial charge >= 0.3 is 11.9 Å². The van der Waals surface area contributed by atoms with Gasteiger partial charge in [0.25, 0.3) is 0 Å². The number of hydrogen-bond acceptors (Lipinski definition) is 8. The second-order valence-corrected chi connectivity index (χ2v) is 7.27. The summed E-state index contributed by atoms with van der Waals surface area (Å²) in [6.45, 7) is 6.05. The minimum atomic E-state index is -0.959. The molecule has 1 atom stereocenters. The highest BCUT2D eigenvalue weighted by Crippen LogP contribution is 2.36. The van der Waals surface area contributed by atoms with Crippen LogP contribution in [0, 0.1) is 0 Å². The van der Waals surface area contributed by atoms with Crippen molar-refractivity contribution in [3.8, 4) is 11.5 Å². The lowest BCUT2D eigenvalue weighted by atomic mass is 10.1. The lowest BCUT2D eigenvalue weighted by Gasteiger charge is -2.17. The maximum absolute atomic E-state index is 12.2. The minimum absolute atomic E-state index is 0.0353. The highest BCUT2D eigenvalue weighted by atomic mass is 32.2. The highest BCUT2D eigenvalue weighted by Gasteiger charge is 2.40. The first kappa shape index (κ1) is 21.1. The average molecular weight is 395 g/mol. The molecule has 148 valence electrons. The third kappa shape index (κ3) is 5.63. The Morgan fingerprint density at radius 3 is 2.59 bits per heavy atom. The number of nitrogens with zero attached hydrogens (tertiary/aromatic N) is 1. The van der Waals surface area contributed by atoms with E-state index in [1.54, 1.807) is 19.1 Å². The monoisotopic (exact) mass is 395 g/mol. The maximum Gasteiger partial charge on any atom is 0.344 e. The number of ether oxygens (including phenoxy) is 3. The Kier molecular flexibility index (Phi) is 7.53. The summed E-state index contributed by atoms with van der Waals surface area (Å²) in [6, 6.07) is 4.70. The van der Waals surface area contributed by atoms with Gasteiger partial charge in [-0.1, -0.05) is 13.8 Å². The molecule has 0 bridgehead atoms. The largest absolute Gasteiger partial charge is 0.507 e. The Hall–Kier alpha value is -2.22. The summed E-state index contributed by atoms with van der Waals surface area (Å²) in [4.78, 5) is 28.1. The van der Waals surface area contributed by atoms with E-state index in [4.69, 9.17) is 14.2 Å². The molecular formula is C19H25NO6S. The van der Waals surface area contributed by atoms with Gasteiger partial charge in [-0.3, -0.25) is 4.99 Å². The van der Waals surface area contributed by atoms with Gasteiger partial charge in [0.15, 0.2) is 12.1 Å². The molecule has 0 fully saturated rings. The van der Waals surface area contributed by atoms with Crippen LogP contribution >= 0.6 is 11.8 Å². The molecule has 27 heavy (non-hydrogen) atoms. The molecule has 8 heteroatoms. The quantitative estimate of drug-likeness (QED) is 0.642. The number of carbonyl (C=O) groups excluding carboxylic acids is 2. The van der Waals surface area contributed by atoms with Crippen LogP contribution < -0.4 is 4.74 Å². The summed E-state index contributed by atoms with van der Waals surface area (Å²) in [5, 5.41) is 10.9. The smallest absolute Gasteiger partial charge is 0.344 e. The molecule has 7 nitrogen and oxygen atoms in total. The zero-order chi connectivity index (χ0) is 19.9. The van der Waals surface area contributed by atoms with Crippen LogP contribution in [0.15, 0.2) is 23.2 Å². The summed E-state index contributed by atoms with van der Waals surface area (Å²) in [5.74, 6) is -0.0640. The Morgan fingerprint density at radius 1 is 1.22 bits per heavy atom. The Balaban J connectivity index is 2.04. The number of hydrogen-bond donors (Lipinski definition) is 1. The third-order valence-electron chi connectivity index (χ3n) is 3.74. The molecule has 1 aliphatic rings. The number of phenols is 1. The summed E-state index contributed by atoms with van der Waals surface area (Å²) >= 11 is 1.39. The molecular weight excluding hydrogens is 370 g/mol. The zero-order valence-electron chi connectivity index (χ0n) is 15.8. The standard InChI is InChI=1S/C19H25NO6S/c1-4-8-24-16(22)11-26-13-6-7-14(15(21)10-13)17-20-19(3,12-27-17)18(23)25-9-5-2/h6-7,10,21H,4-5,8-9,11-12H2,1-3H3/t19-/m1/s1. The van der Waals surface area contributed by atoms with Crippen LogP contribution in [-0.2, 0) is 19.1 Å². The van der Waals surface area contributed by atoms with E-state index in [9.17, 15) is 14.7 Å². The molecule has 0 saturated carbocycles. The molecule has 0 amide bonds. The number of carbonyl (C=O) groups is 2. The lowest BCUT2D eigenvalue weighted by Crippen LogP contribution is -2.35. The van der Waals surface area contributed by atoms with E-state index in [0.717, 1.165) is 12.8 Å². The van der Waals surface area contributed by atoms with Crippen LogP contribution in [0.4, 0.5) is 0 Å². The molecule has 0 aliphatic carbocycles. The molecule has 0 saturated heterocycles. The minimum Gasteiger partial charge on any atom is -0.507 e. The summed E-state index contributed by atoms with van der Waals surface area (Å²) < 4.78 is 15.5. The van der Waals surface area contributed by atoms with Crippen molar-refractivity contribution >= 4 is 28.7 Å². The van der Waals surface area contributed by atoms with Crippen molar-refractivity contribution < 1.29 is 28.9 Å². The van der Waals surface area contributed by atoms with Crippen molar-refractivity contribution in [3.05, 3.63) is 23.8 Å². The fraction of sp³-hybridized carbons (Fsp3) is 0.526. The van der Waals surface area contributed by atoms with Crippen molar-refractivity contribution in [1.82, 2.24) is 0 Å². The number of aromatic hydroxyl groups is 1. The van der Waals surface area contributed by atoms with Crippen LogP contribution in [0.3, 0.4) is 0 Å². The van der Waals surface area contributed by atoms with E-state index in [0.29, 0.717) is 35.3 Å². The Labute approximate surface area is 163 Å². The highest BCUT2D eigenvalue weighted by molar-refractivity contribution is 8.14. The molecule has 1 N–H and O–H groups in total. The van der Waals surface area contributed by atoms with Gasteiger partial charge < -0.3 is 19.3 Å². The van der Waals surface area contributed by atoms with Gasteiger partial charge in [0.05, 0.1) is 13.2 Å². The summed E-state index contributed by atoms with van der Waals surface area (Å²) in [6.07, 6.45) is 1.49. The van der Waals surface area contributed by atoms with Crippen molar-refractivity contribution in [2.24, 2.45) is 4.99 Å². The molecule has 0 aromatic heterocycles. The SMILES string of the molecule is CCCOC(=O)COc1ccc(C2=N[C@@](C)(C(=O)OCCC)CS2)c(O)c1. The van der Waals surface area contributed by atoms with E-state index < -0.39 is 11.5 Å². The van der Waals surface area contributed by atoms with Crippen molar-refractivity contribution in [3.63, 3.8) is 0 Å². The van der Waals surface area contributed by atoms with Crippen molar-refractivity contribution in [2.75, 3.05) is 25.6 Å². The normalized spacial score (nSPS) is 18.7. The van der Waals surface area contributed by atoms with Gasteiger partial charge in [-0.25, -0.2) is 9.59 Å². The van der Waals surface area contributed by atoms with Gasteiger partial charge in [0.1, 0.15) is 16.5 Å². The van der Waals surface area contributed by atoms with Crippen LogP contribution in [0.25, 0.3) is 0 Å². The van der Waals surface area contributed by atoms with E-state index in [1.165, 1.54) is 17.8 Å². The lowest BCUT2D eigenvalue weighted by molar-refractivity contribution is -0.148. The summed E-state index contributed by atoms with van der Waals surface area (Å²) in [5.41, 5.74) is -0.451. The van der Waals surface area contributed by atoms with Gasteiger partial charge in [-0.15, -0.1) is 11.8 Å². The molecule has 1 aromatic rings. The van der Waals surface area contributed by atoms with E-state index in [1.807, 2.05) is 13.8 Å². The third-order valence-corrected chi connectivity index (χ3v) is 5.03. The average Bonchev–Trinajstić information content (AvgIpc) is 3.06. The Morgan fingerprint density at radius 2 is 1.93 bits per heavy atom.